The van der Waals surface area contributed by atoms with Crippen molar-refractivity contribution < 1.29 is 9.21 Å². The minimum absolute atomic E-state index is 0.0482. The summed E-state index contributed by atoms with van der Waals surface area (Å²) in [4.78, 5) is 15.2. The average Bonchev–Trinajstić information content (AvgIpc) is 2.68. The zero-order chi connectivity index (χ0) is 10.7. The molecule has 0 aliphatic carbocycles. The summed E-state index contributed by atoms with van der Waals surface area (Å²) >= 11 is 2.01. The third-order valence-electron chi connectivity index (χ3n) is 2.70. The number of hydrogen-bond acceptors (Lipinski definition) is 4. The normalized spacial score (nSPS) is 17.9. The fourth-order valence-corrected chi connectivity index (χ4v) is 2.97. The van der Waals surface area contributed by atoms with Gasteiger partial charge in [0.05, 0.1) is 6.20 Å². The van der Waals surface area contributed by atoms with Gasteiger partial charge < -0.3 is 4.42 Å². The van der Waals surface area contributed by atoms with E-state index < -0.39 is 0 Å². The Morgan fingerprint density at radius 2 is 2.33 bits per heavy atom. The van der Waals surface area contributed by atoms with Crippen LogP contribution >= 0.6 is 11.8 Å². The van der Waals surface area contributed by atoms with Crippen LogP contribution in [-0.2, 0) is 6.42 Å². The zero-order valence-electron chi connectivity index (χ0n) is 8.86. The van der Waals surface area contributed by atoms with Gasteiger partial charge in [-0.15, -0.1) is 0 Å². The predicted octanol–water partition coefficient (Wildman–Crippen LogP) is 2.56. The summed E-state index contributed by atoms with van der Waals surface area (Å²) in [5.74, 6) is 4.22. The summed E-state index contributed by atoms with van der Waals surface area (Å²) in [7, 11) is 0. The standard InChI is InChI=1S/C11H15NO2S/c1-8(13)10-7-12-11(14-10)6-9-2-4-15-5-3-9/h7,9H,2-6H2,1H3. The van der Waals surface area contributed by atoms with Gasteiger partial charge in [-0.1, -0.05) is 0 Å². The largest absolute Gasteiger partial charge is 0.438 e. The van der Waals surface area contributed by atoms with Crippen LogP contribution in [0.25, 0.3) is 0 Å². The molecule has 1 aromatic rings. The summed E-state index contributed by atoms with van der Waals surface area (Å²) in [5.41, 5.74) is 0. The molecule has 0 unspecified atom stereocenters. The van der Waals surface area contributed by atoms with Crippen LogP contribution in [0.1, 0.15) is 36.2 Å². The van der Waals surface area contributed by atoms with Crippen LogP contribution in [0.3, 0.4) is 0 Å². The third-order valence-corrected chi connectivity index (χ3v) is 3.75. The van der Waals surface area contributed by atoms with E-state index in [1.54, 1.807) is 0 Å². The van der Waals surface area contributed by atoms with E-state index in [0.29, 0.717) is 11.7 Å². The van der Waals surface area contributed by atoms with Gasteiger partial charge in [0, 0.05) is 13.3 Å². The maximum atomic E-state index is 11.0. The van der Waals surface area contributed by atoms with Gasteiger partial charge in [-0.25, -0.2) is 4.98 Å². The molecule has 2 heterocycles. The van der Waals surface area contributed by atoms with Gasteiger partial charge in [-0.05, 0) is 30.3 Å². The summed E-state index contributed by atoms with van der Waals surface area (Å²) < 4.78 is 5.38. The fourth-order valence-electron chi connectivity index (χ4n) is 1.76. The topological polar surface area (TPSA) is 43.1 Å². The van der Waals surface area contributed by atoms with Crippen molar-refractivity contribution in [3.05, 3.63) is 17.8 Å². The Morgan fingerprint density at radius 3 is 2.93 bits per heavy atom. The van der Waals surface area contributed by atoms with Crippen molar-refractivity contribution >= 4 is 17.5 Å². The molecule has 0 amide bonds. The Bertz CT molecular complexity index is 342. The van der Waals surface area contributed by atoms with E-state index in [4.69, 9.17) is 4.42 Å². The number of carbonyl (C=O) groups is 1. The van der Waals surface area contributed by atoms with Gasteiger partial charge in [-0.2, -0.15) is 11.8 Å². The van der Waals surface area contributed by atoms with Crippen molar-refractivity contribution in [1.29, 1.82) is 0 Å². The molecule has 1 saturated heterocycles. The number of carbonyl (C=O) groups excluding carboxylic acids is 1. The number of oxazole rings is 1. The highest BCUT2D eigenvalue weighted by atomic mass is 32.2. The predicted molar refractivity (Wildman–Crippen MR) is 60.3 cm³/mol. The van der Waals surface area contributed by atoms with Crippen LogP contribution in [0.4, 0.5) is 0 Å². The van der Waals surface area contributed by atoms with Crippen LogP contribution in [0.15, 0.2) is 10.6 Å². The molecular formula is C11H15NO2S. The lowest BCUT2D eigenvalue weighted by Crippen LogP contribution is -2.12. The summed E-state index contributed by atoms with van der Waals surface area (Å²) in [6.07, 6.45) is 4.90. The summed E-state index contributed by atoms with van der Waals surface area (Å²) in [6, 6.07) is 0. The highest BCUT2D eigenvalue weighted by Crippen LogP contribution is 2.25. The first-order chi connectivity index (χ1) is 7.25. The van der Waals surface area contributed by atoms with Crippen LogP contribution in [0.5, 0.6) is 0 Å². The Morgan fingerprint density at radius 1 is 1.60 bits per heavy atom. The molecule has 0 bridgehead atoms. The minimum atomic E-state index is -0.0482. The maximum Gasteiger partial charge on any atom is 0.196 e. The second-order valence-corrected chi connectivity index (χ2v) is 5.16. The van der Waals surface area contributed by atoms with E-state index in [1.165, 1.54) is 37.5 Å². The molecule has 2 rings (SSSR count). The van der Waals surface area contributed by atoms with Crippen LogP contribution < -0.4 is 0 Å². The lowest BCUT2D eigenvalue weighted by molar-refractivity contribution is 0.0985. The Hall–Kier alpha value is -0.770. The number of rotatable bonds is 3. The molecule has 0 atom stereocenters. The van der Waals surface area contributed by atoms with Crippen molar-refractivity contribution in [1.82, 2.24) is 4.98 Å². The molecule has 0 N–H and O–H groups in total. The first-order valence-corrected chi connectivity index (χ1v) is 6.44. The zero-order valence-corrected chi connectivity index (χ0v) is 9.68. The molecule has 15 heavy (non-hydrogen) atoms. The van der Waals surface area contributed by atoms with Crippen LogP contribution in [0, 0.1) is 5.92 Å². The second-order valence-electron chi connectivity index (χ2n) is 3.93. The Kier molecular flexibility index (Phi) is 3.46. The lowest BCUT2D eigenvalue weighted by atomic mass is 9.99. The van der Waals surface area contributed by atoms with Gasteiger partial charge >= 0.3 is 0 Å². The van der Waals surface area contributed by atoms with Gasteiger partial charge in [-0.3, -0.25) is 4.79 Å². The van der Waals surface area contributed by atoms with Crippen molar-refractivity contribution in [2.24, 2.45) is 5.92 Å². The van der Waals surface area contributed by atoms with Crippen LogP contribution in [-0.4, -0.2) is 22.3 Å². The quantitative estimate of drug-likeness (QED) is 0.741. The number of nitrogens with zero attached hydrogens (tertiary/aromatic N) is 1. The minimum Gasteiger partial charge on any atom is -0.438 e. The maximum absolute atomic E-state index is 11.0. The van der Waals surface area contributed by atoms with Gasteiger partial charge in [0.25, 0.3) is 0 Å². The molecule has 0 radical (unpaired) electrons. The molecule has 1 aliphatic rings. The average molecular weight is 225 g/mol. The molecule has 82 valence electrons. The van der Waals surface area contributed by atoms with Crippen molar-refractivity contribution in [3.63, 3.8) is 0 Å². The van der Waals surface area contributed by atoms with E-state index >= 15 is 0 Å². The van der Waals surface area contributed by atoms with Gasteiger partial charge in [0.1, 0.15) is 0 Å². The first-order valence-electron chi connectivity index (χ1n) is 5.29. The molecule has 3 nitrogen and oxygen atoms in total. The number of aromatic nitrogens is 1. The van der Waals surface area contributed by atoms with E-state index in [9.17, 15) is 4.79 Å². The third kappa shape index (κ3) is 2.84. The van der Waals surface area contributed by atoms with Crippen LogP contribution in [0.2, 0.25) is 0 Å². The first kappa shape index (κ1) is 10.7. The van der Waals surface area contributed by atoms with E-state index in [0.717, 1.165) is 12.3 Å². The number of ketones is 1. The lowest BCUT2D eigenvalue weighted by Gasteiger charge is -2.19. The van der Waals surface area contributed by atoms with E-state index in [1.807, 2.05) is 11.8 Å². The highest BCUT2D eigenvalue weighted by molar-refractivity contribution is 7.99. The molecule has 0 aromatic carbocycles. The summed E-state index contributed by atoms with van der Waals surface area (Å²) in [6.45, 7) is 1.50. The van der Waals surface area contributed by atoms with Crippen molar-refractivity contribution in [2.75, 3.05) is 11.5 Å². The van der Waals surface area contributed by atoms with Crippen molar-refractivity contribution in [2.45, 2.75) is 26.2 Å². The Labute approximate surface area is 93.6 Å². The molecule has 1 fully saturated rings. The van der Waals surface area contributed by atoms with Gasteiger partial charge in [0.15, 0.2) is 17.4 Å². The molecule has 0 saturated carbocycles. The highest BCUT2D eigenvalue weighted by Gasteiger charge is 2.17. The Balaban J connectivity index is 1.94. The smallest absolute Gasteiger partial charge is 0.196 e. The molecule has 4 heteroatoms. The second kappa shape index (κ2) is 4.84. The molecular weight excluding hydrogens is 210 g/mol. The van der Waals surface area contributed by atoms with Gasteiger partial charge in [0.2, 0.25) is 0 Å². The van der Waals surface area contributed by atoms with E-state index in [2.05, 4.69) is 4.98 Å². The fraction of sp³-hybridized carbons (Fsp3) is 0.636. The molecule has 1 aliphatic heterocycles. The molecule has 1 aromatic heterocycles. The number of Topliss-reactive ketones (excluding diaryl/α,β-unsaturated/α-hetero) is 1. The van der Waals surface area contributed by atoms with E-state index in [-0.39, 0.29) is 5.78 Å². The van der Waals surface area contributed by atoms with Crippen molar-refractivity contribution in [3.8, 4) is 0 Å². The monoisotopic (exact) mass is 225 g/mol. The molecule has 0 spiro atoms. The summed E-state index contributed by atoms with van der Waals surface area (Å²) in [5, 5.41) is 0. The SMILES string of the molecule is CC(=O)c1cnc(CC2CCSCC2)o1. The number of thioether (sulfide) groups is 1. The number of hydrogen-bond donors (Lipinski definition) is 0.